The Kier molecular flexibility index (Phi) is 3.05. The van der Waals surface area contributed by atoms with Gasteiger partial charge in [0.05, 0.1) is 0 Å². The highest BCUT2D eigenvalue weighted by Crippen LogP contribution is 2.40. The summed E-state index contributed by atoms with van der Waals surface area (Å²) < 4.78 is 5.51. The monoisotopic (exact) mass is 253 g/mol. The largest absolute Gasteiger partial charge is 0.354 e. The molecule has 96 valence electrons. The Balaban J connectivity index is 1.67. The number of amides is 1. The van der Waals surface area contributed by atoms with Crippen LogP contribution in [0.4, 0.5) is 5.69 Å². The number of hydrogen-bond donors (Lipinski definition) is 1. The van der Waals surface area contributed by atoms with Gasteiger partial charge in [-0.1, -0.05) is 42.5 Å². The highest BCUT2D eigenvalue weighted by molar-refractivity contribution is 5.96. The Hall–Kier alpha value is -2.13. The molecule has 2 aromatic rings. The molecule has 0 aromatic heterocycles. The lowest BCUT2D eigenvalue weighted by atomic mass is 10.0. The zero-order chi connectivity index (χ0) is 13.2. The van der Waals surface area contributed by atoms with Crippen LogP contribution in [0, 0.1) is 6.92 Å². The molecule has 1 fully saturated rings. The van der Waals surface area contributed by atoms with Crippen molar-refractivity contribution in [2.24, 2.45) is 0 Å². The first-order valence-electron chi connectivity index (χ1n) is 6.32. The Morgan fingerprint density at radius 2 is 1.74 bits per heavy atom. The fourth-order valence-corrected chi connectivity index (χ4v) is 2.19. The lowest BCUT2D eigenvalue weighted by molar-refractivity contribution is -0.117. The molecule has 0 bridgehead atoms. The second kappa shape index (κ2) is 4.86. The number of epoxide rings is 1. The first-order valence-corrected chi connectivity index (χ1v) is 6.32. The minimum atomic E-state index is -0.374. The maximum Gasteiger partial charge on any atom is 0.256 e. The van der Waals surface area contributed by atoms with Gasteiger partial charge in [0.2, 0.25) is 0 Å². The van der Waals surface area contributed by atoms with Crippen molar-refractivity contribution >= 4 is 11.6 Å². The normalized spacial score (nSPS) is 20.9. The zero-order valence-corrected chi connectivity index (χ0v) is 10.7. The standard InChI is InChI=1S/C16H15NO2/c1-11-7-5-6-10-13(11)14-15(19-14)16(18)17-12-8-3-2-4-9-12/h2-10,14-15H,1H3,(H,17,18)/t14-,15-/m0/s1. The van der Waals surface area contributed by atoms with Gasteiger partial charge in [0.1, 0.15) is 6.10 Å². The number of rotatable bonds is 3. The van der Waals surface area contributed by atoms with Crippen molar-refractivity contribution < 1.29 is 9.53 Å². The molecule has 0 aliphatic carbocycles. The molecular weight excluding hydrogens is 238 g/mol. The van der Waals surface area contributed by atoms with E-state index in [0.717, 1.165) is 16.8 Å². The smallest absolute Gasteiger partial charge is 0.256 e. The van der Waals surface area contributed by atoms with Crippen LogP contribution >= 0.6 is 0 Å². The fourth-order valence-electron chi connectivity index (χ4n) is 2.19. The number of carbonyl (C=O) groups excluding carboxylic acids is 1. The van der Waals surface area contributed by atoms with E-state index in [-0.39, 0.29) is 18.1 Å². The SMILES string of the molecule is Cc1ccccc1[C@@H]1O[C@@H]1C(=O)Nc1ccccc1. The zero-order valence-electron chi connectivity index (χ0n) is 10.7. The summed E-state index contributed by atoms with van der Waals surface area (Å²) in [4.78, 5) is 12.0. The Labute approximate surface area is 112 Å². The number of ether oxygens (including phenoxy) is 1. The summed E-state index contributed by atoms with van der Waals surface area (Å²) in [5.74, 6) is -0.0838. The van der Waals surface area contributed by atoms with Crippen LogP contribution in [0.15, 0.2) is 54.6 Å². The van der Waals surface area contributed by atoms with E-state index in [1.165, 1.54) is 0 Å². The Morgan fingerprint density at radius 1 is 1.05 bits per heavy atom. The number of aryl methyl sites for hydroxylation is 1. The van der Waals surface area contributed by atoms with Gasteiger partial charge in [-0.25, -0.2) is 0 Å². The highest BCUT2D eigenvalue weighted by Gasteiger charge is 2.46. The minimum absolute atomic E-state index is 0.0838. The van der Waals surface area contributed by atoms with Crippen molar-refractivity contribution in [2.75, 3.05) is 5.32 Å². The third-order valence-corrected chi connectivity index (χ3v) is 3.29. The van der Waals surface area contributed by atoms with E-state index in [0.29, 0.717) is 0 Å². The molecule has 0 radical (unpaired) electrons. The number of para-hydroxylation sites is 1. The predicted molar refractivity (Wildman–Crippen MR) is 73.9 cm³/mol. The fraction of sp³-hybridized carbons (Fsp3) is 0.188. The second-order valence-corrected chi connectivity index (χ2v) is 4.69. The summed E-state index contributed by atoms with van der Waals surface area (Å²) in [7, 11) is 0. The van der Waals surface area contributed by atoms with Crippen LogP contribution in [0.25, 0.3) is 0 Å². The van der Waals surface area contributed by atoms with E-state index in [9.17, 15) is 4.79 Å². The van der Waals surface area contributed by atoms with Gasteiger partial charge in [-0.15, -0.1) is 0 Å². The molecule has 3 nitrogen and oxygen atoms in total. The predicted octanol–water partition coefficient (Wildman–Crippen LogP) is 3.07. The topological polar surface area (TPSA) is 41.6 Å². The van der Waals surface area contributed by atoms with Crippen molar-refractivity contribution in [1.82, 2.24) is 0 Å². The minimum Gasteiger partial charge on any atom is -0.354 e. The van der Waals surface area contributed by atoms with Gasteiger partial charge in [-0.05, 0) is 30.2 Å². The maximum atomic E-state index is 12.0. The number of hydrogen-bond acceptors (Lipinski definition) is 2. The summed E-state index contributed by atoms with van der Waals surface area (Å²) in [5, 5.41) is 2.86. The third-order valence-electron chi connectivity index (χ3n) is 3.29. The molecule has 1 aliphatic heterocycles. The summed E-state index contributed by atoms with van der Waals surface area (Å²) in [6, 6.07) is 17.4. The lowest BCUT2D eigenvalue weighted by Crippen LogP contribution is -2.18. The van der Waals surface area contributed by atoms with E-state index in [1.807, 2.05) is 61.5 Å². The molecule has 3 rings (SSSR count). The summed E-state index contributed by atoms with van der Waals surface area (Å²) in [5.41, 5.74) is 3.05. The van der Waals surface area contributed by atoms with E-state index in [2.05, 4.69) is 5.32 Å². The molecule has 3 heteroatoms. The molecule has 1 N–H and O–H groups in total. The van der Waals surface area contributed by atoms with Crippen LogP contribution in [-0.4, -0.2) is 12.0 Å². The van der Waals surface area contributed by atoms with Gasteiger partial charge in [0.15, 0.2) is 6.10 Å². The molecule has 19 heavy (non-hydrogen) atoms. The van der Waals surface area contributed by atoms with Crippen LogP contribution in [0.2, 0.25) is 0 Å². The van der Waals surface area contributed by atoms with Gasteiger partial charge in [0.25, 0.3) is 5.91 Å². The summed E-state index contributed by atoms with van der Waals surface area (Å²) >= 11 is 0. The van der Waals surface area contributed by atoms with Crippen LogP contribution < -0.4 is 5.32 Å². The quantitative estimate of drug-likeness (QED) is 0.854. The van der Waals surface area contributed by atoms with Gasteiger partial charge in [-0.2, -0.15) is 0 Å². The lowest BCUT2D eigenvalue weighted by Gasteiger charge is -2.03. The van der Waals surface area contributed by atoms with Crippen LogP contribution in [0.5, 0.6) is 0 Å². The second-order valence-electron chi connectivity index (χ2n) is 4.69. The molecule has 1 aliphatic rings. The molecule has 0 saturated carbocycles. The Bertz CT molecular complexity index is 595. The summed E-state index contributed by atoms with van der Waals surface area (Å²) in [6.07, 6.45) is -0.480. The first-order chi connectivity index (χ1) is 9.25. The highest BCUT2D eigenvalue weighted by atomic mass is 16.6. The molecule has 2 atom stereocenters. The van der Waals surface area contributed by atoms with Crippen molar-refractivity contribution in [3.05, 3.63) is 65.7 Å². The molecule has 2 aromatic carbocycles. The van der Waals surface area contributed by atoms with Crippen LogP contribution in [0.1, 0.15) is 17.2 Å². The van der Waals surface area contributed by atoms with Crippen LogP contribution in [-0.2, 0) is 9.53 Å². The van der Waals surface area contributed by atoms with Crippen molar-refractivity contribution in [1.29, 1.82) is 0 Å². The average Bonchev–Trinajstić information content (AvgIpc) is 3.21. The van der Waals surface area contributed by atoms with Gasteiger partial charge in [-0.3, -0.25) is 4.79 Å². The average molecular weight is 253 g/mol. The number of carbonyl (C=O) groups is 1. The van der Waals surface area contributed by atoms with Crippen molar-refractivity contribution in [3.8, 4) is 0 Å². The van der Waals surface area contributed by atoms with Gasteiger partial charge < -0.3 is 10.1 Å². The maximum absolute atomic E-state index is 12.0. The molecule has 1 saturated heterocycles. The van der Waals surface area contributed by atoms with E-state index in [4.69, 9.17) is 4.74 Å². The van der Waals surface area contributed by atoms with Gasteiger partial charge in [0, 0.05) is 5.69 Å². The number of benzene rings is 2. The third kappa shape index (κ3) is 2.51. The van der Waals surface area contributed by atoms with Crippen molar-refractivity contribution in [3.63, 3.8) is 0 Å². The molecular formula is C16H15NO2. The molecule has 1 amide bonds. The van der Waals surface area contributed by atoms with E-state index >= 15 is 0 Å². The summed E-state index contributed by atoms with van der Waals surface area (Å²) in [6.45, 7) is 2.03. The number of nitrogens with one attached hydrogen (secondary N) is 1. The van der Waals surface area contributed by atoms with Crippen molar-refractivity contribution in [2.45, 2.75) is 19.1 Å². The van der Waals surface area contributed by atoms with E-state index < -0.39 is 0 Å². The molecule has 0 spiro atoms. The molecule has 1 heterocycles. The van der Waals surface area contributed by atoms with Gasteiger partial charge >= 0.3 is 0 Å². The molecule has 0 unspecified atom stereocenters. The Morgan fingerprint density at radius 3 is 2.47 bits per heavy atom. The first kappa shape index (κ1) is 11.9. The van der Waals surface area contributed by atoms with Crippen LogP contribution in [0.3, 0.4) is 0 Å². The number of anilines is 1. The van der Waals surface area contributed by atoms with E-state index in [1.54, 1.807) is 0 Å².